The molecule has 0 radical (unpaired) electrons. The van der Waals surface area contributed by atoms with Crippen molar-refractivity contribution in [2.75, 3.05) is 20.1 Å². The average Bonchev–Trinajstić information content (AvgIpc) is 3.01. The number of carbonyl (C=O) groups is 1. The first-order chi connectivity index (χ1) is 12.5. The number of oxazole rings is 1. The molecule has 140 valence electrons. The third-order valence-electron chi connectivity index (χ3n) is 5.20. The number of amides is 1. The van der Waals surface area contributed by atoms with Crippen LogP contribution in [0.4, 0.5) is 4.39 Å². The fourth-order valence-corrected chi connectivity index (χ4v) is 3.72. The minimum Gasteiger partial charge on any atom is -0.447 e. The molecule has 2 aromatic rings. The van der Waals surface area contributed by atoms with Crippen molar-refractivity contribution in [1.82, 2.24) is 24.6 Å². The normalized spacial score (nSPS) is 23.5. The number of rotatable bonds is 6. The van der Waals surface area contributed by atoms with Gasteiger partial charge in [0, 0.05) is 57.4 Å². The van der Waals surface area contributed by atoms with Crippen LogP contribution in [-0.2, 0) is 13.6 Å². The van der Waals surface area contributed by atoms with Crippen molar-refractivity contribution < 1.29 is 13.6 Å². The predicted octanol–water partition coefficient (Wildman–Crippen LogP) is 1.97. The van der Waals surface area contributed by atoms with E-state index in [4.69, 9.17) is 4.42 Å². The van der Waals surface area contributed by atoms with Gasteiger partial charge in [0.05, 0.1) is 6.20 Å². The second kappa shape index (κ2) is 6.83. The Morgan fingerprint density at radius 2 is 2.27 bits per heavy atom. The first kappa shape index (κ1) is 17.2. The van der Waals surface area contributed by atoms with E-state index in [9.17, 15) is 9.18 Å². The third kappa shape index (κ3) is 3.51. The number of aromatic nitrogens is 3. The minimum absolute atomic E-state index is 0.0181. The highest BCUT2D eigenvalue weighted by Gasteiger charge is 2.36. The molecule has 1 saturated carbocycles. The van der Waals surface area contributed by atoms with E-state index in [1.807, 2.05) is 13.2 Å². The Morgan fingerprint density at radius 3 is 2.96 bits per heavy atom. The number of halogens is 1. The molecule has 2 aliphatic rings. The van der Waals surface area contributed by atoms with Crippen LogP contribution < -0.4 is 0 Å². The SMILES string of the molecule is CN(C[C@@H]1C[C@H](F)CN1Cc1cnn(C)c1)C(=O)c1ncoc1C1CC1. The summed E-state index contributed by atoms with van der Waals surface area (Å²) in [7, 11) is 3.62. The number of carbonyl (C=O) groups excluding carboxylic acids is 1. The molecule has 26 heavy (non-hydrogen) atoms. The summed E-state index contributed by atoms with van der Waals surface area (Å²) in [6.07, 6.45) is 6.75. The molecule has 4 rings (SSSR count). The van der Waals surface area contributed by atoms with Crippen molar-refractivity contribution in [1.29, 1.82) is 0 Å². The number of likely N-dealkylation sites (tertiary alicyclic amines) is 1. The van der Waals surface area contributed by atoms with E-state index in [0.717, 1.165) is 18.4 Å². The van der Waals surface area contributed by atoms with Gasteiger partial charge in [0.1, 0.15) is 11.9 Å². The van der Waals surface area contributed by atoms with Crippen molar-refractivity contribution in [3.8, 4) is 0 Å². The molecule has 1 aliphatic carbocycles. The fraction of sp³-hybridized carbons (Fsp3) is 0.611. The molecule has 2 atom stereocenters. The summed E-state index contributed by atoms with van der Waals surface area (Å²) >= 11 is 0. The summed E-state index contributed by atoms with van der Waals surface area (Å²) in [5.41, 5.74) is 1.46. The van der Waals surface area contributed by atoms with Crippen molar-refractivity contribution in [3.63, 3.8) is 0 Å². The van der Waals surface area contributed by atoms with Crippen LogP contribution >= 0.6 is 0 Å². The van der Waals surface area contributed by atoms with E-state index in [-0.39, 0.29) is 11.9 Å². The Kier molecular flexibility index (Phi) is 4.52. The molecular weight excluding hydrogens is 337 g/mol. The second-order valence-electron chi connectivity index (χ2n) is 7.46. The van der Waals surface area contributed by atoms with Gasteiger partial charge < -0.3 is 9.32 Å². The lowest BCUT2D eigenvalue weighted by Gasteiger charge is -2.27. The van der Waals surface area contributed by atoms with Gasteiger partial charge in [-0.25, -0.2) is 9.37 Å². The lowest BCUT2D eigenvalue weighted by atomic mass is 10.1. The molecular formula is C18H24FN5O2. The molecule has 2 aromatic heterocycles. The molecule has 7 nitrogen and oxygen atoms in total. The zero-order valence-corrected chi connectivity index (χ0v) is 15.1. The number of aryl methyl sites for hydroxylation is 1. The molecule has 0 bridgehead atoms. The van der Waals surface area contributed by atoms with Gasteiger partial charge >= 0.3 is 0 Å². The van der Waals surface area contributed by atoms with Crippen molar-refractivity contribution in [3.05, 3.63) is 35.8 Å². The average molecular weight is 361 g/mol. The smallest absolute Gasteiger partial charge is 0.275 e. The van der Waals surface area contributed by atoms with Gasteiger partial charge in [0.2, 0.25) is 0 Å². The minimum atomic E-state index is -0.866. The molecule has 0 unspecified atom stereocenters. The highest BCUT2D eigenvalue weighted by Crippen LogP contribution is 2.41. The quantitative estimate of drug-likeness (QED) is 0.787. The summed E-state index contributed by atoms with van der Waals surface area (Å²) in [5.74, 6) is 0.877. The molecule has 1 saturated heterocycles. The van der Waals surface area contributed by atoms with Crippen molar-refractivity contribution in [2.45, 2.75) is 43.9 Å². The first-order valence-corrected chi connectivity index (χ1v) is 9.05. The summed E-state index contributed by atoms with van der Waals surface area (Å²) in [5, 5.41) is 4.17. The number of alkyl halides is 1. The fourth-order valence-electron chi connectivity index (χ4n) is 3.72. The molecule has 2 fully saturated rings. The lowest BCUT2D eigenvalue weighted by molar-refractivity contribution is 0.0742. The zero-order chi connectivity index (χ0) is 18.3. The number of likely N-dealkylation sites (N-methyl/N-ethyl adjacent to an activating group) is 1. The Hall–Kier alpha value is -2.22. The maximum absolute atomic E-state index is 14.0. The van der Waals surface area contributed by atoms with Gasteiger partial charge in [-0.3, -0.25) is 14.4 Å². The highest BCUT2D eigenvalue weighted by atomic mass is 19.1. The standard InChI is InChI=1S/C18H24FN5O2/c1-22(18(25)16-17(13-3-4-13)26-11-20-16)10-15-5-14(19)9-24(15)8-12-6-21-23(2)7-12/h6-7,11,13-15H,3-5,8-10H2,1-2H3/t14-,15-/m0/s1. The topological polar surface area (TPSA) is 67.4 Å². The van der Waals surface area contributed by atoms with Gasteiger partial charge in [-0.15, -0.1) is 0 Å². The van der Waals surface area contributed by atoms with Crippen LogP contribution in [0.15, 0.2) is 23.2 Å². The van der Waals surface area contributed by atoms with Crippen LogP contribution in [0.1, 0.15) is 47.0 Å². The van der Waals surface area contributed by atoms with Crippen LogP contribution in [0.3, 0.4) is 0 Å². The highest BCUT2D eigenvalue weighted by molar-refractivity contribution is 5.93. The Morgan fingerprint density at radius 1 is 1.46 bits per heavy atom. The molecule has 1 amide bonds. The van der Waals surface area contributed by atoms with Gasteiger partial charge in [-0.2, -0.15) is 5.10 Å². The summed E-state index contributed by atoms with van der Waals surface area (Å²) in [6.45, 7) is 1.49. The number of nitrogens with zero attached hydrogens (tertiary/aromatic N) is 5. The lowest BCUT2D eigenvalue weighted by Crippen LogP contribution is -2.41. The second-order valence-corrected chi connectivity index (χ2v) is 7.46. The zero-order valence-electron chi connectivity index (χ0n) is 15.1. The van der Waals surface area contributed by atoms with Gasteiger partial charge in [0.15, 0.2) is 12.1 Å². The van der Waals surface area contributed by atoms with Crippen molar-refractivity contribution in [2.24, 2.45) is 7.05 Å². The van der Waals surface area contributed by atoms with Gasteiger partial charge in [-0.05, 0) is 19.3 Å². The Balaban J connectivity index is 1.42. The third-order valence-corrected chi connectivity index (χ3v) is 5.20. The van der Waals surface area contributed by atoms with Crippen LogP contribution in [0, 0.1) is 0 Å². The molecule has 1 aliphatic heterocycles. The van der Waals surface area contributed by atoms with Crippen molar-refractivity contribution >= 4 is 5.91 Å². The predicted molar refractivity (Wildman–Crippen MR) is 92.4 cm³/mol. The van der Waals surface area contributed by atoms with E-state index in [1.165, 1.54) is 6.39 Å². The Bertz CT molecular complexity index is 784. The maximum atomic E-state index is 14.0. The number of hydrogen-bond donors (Lipinski definition) is 0. The first-order valence-electron chi connectivity index (χ1n) is 9.05. The molecule has 0 spiro atoms. The largest absolute Gasteiger partial charge is 0.447 e. The molecule has 8 heteroatoms. The van der Waals surface area contributed by atoms with E-state index >= 15 is 0 Å². The van der Waals surface area contributed by atoms with E-state index in [2.05, 4.69) is 15.0 Å². The Labute approximate surface area is 151 Å². The van der Waals surface area contributed by atoms with Crippen LogP contribution in [0.25, 0.3) is 0 Å². The van der Waals surface area contributed by atoms with E-state index in [0.29, 0.717) is 43.4 Å². The van der Waals surface area contributed by atoms with E-state index in [1.54, 1.807) is 22.8 Å². The van der Waals surface area contributed by atoms with Crippen LogP contribution in [-0.4, -0.2) is 62.8 Å². The summed E-state index contributed by atoms with van der Waals surface area (Å²) in [6, 6.07) is -0.0181. The maximum Gasteiger partial charge on any atom is 0.275 e. The van der Waals surface area contributed by atoms with Crippen LogP contribution in [0.2, 0.25) is 0 Å². The summed E-state index contributed by atoms with van der Waals surface area (Å²) < 4.78 is 21.2. The molecule has 0 N–H and O–H groups in total. The number of hydrogen-bond acceptors (Lipinski definition) is 5. The summed E-state index contributed by atoms with van der Waals surface area (Å²) in [4.78, 5) is 20.6. The van der Waals surface area contributed by atoms with E-state index < -0.39 is 6.17 Å². The molecule has 3 heterocycles. The van der Waals surface area contributed by atoms with Gasteiger partial charge in [0.25, 0.3) is 5.91 Å². The monoisotopic (exact) mass is 361 g/mol. The molecule has 0 aromatic carbocycles. The van der Waals surface area contributed by atoms with Crippen LogP contribution in [0.5, 0.6) is 0 Å². The van der Waals surface area contributed by atoms with Gasteiger partial charge in [-0.1, -0.05) is 0 Å².